The Hall–Kier alpha value is -0.340. The van der Waals surface area contributed by atoms with E-state index in [9.17, 15) is 9.59 Å². The van der Waals surface area contributed by atoms with Crippen LogP contribution in [0.1, 0.15) is 26.7 Å². The summed E-state index contributed by atoms with van der Waals surface area (Å²) in [4.78, 5) is 20.1. The molecule has 20 heavy (non-hydrogen) atoms. The molecule has 2 amide bonds. The molecule has 0 aromatic heterocycles. The zero-order chi connectivity index (χ0) is 17.1. The molecular formula is C8H20Br2N2O8. The first-order chi connectivity index (χ1) is 9.08. The van der Waals surface area contributed by atoms with E-state index in [0.717, 1.165) is 0 Å². The minimum Gasteiger partial charge on any atom is -0.372 e. The van der Waals surface area contributed by atoms with Gasteiger partial charge in [-0.05, 0) is 8.40 Å². The molecule has 4 N–H and O–H groups in total. The van der Waals surface area contributed by atoms with Crippen LogP contribution < -0.4 is 27.4 Å². The summed E-state index contributed by atoms with van der Waals surface area (Å²) in [5.41, 5.74) is 0. The molecule has 0 aliphatic rings. The lowest BCUT2D eigenvalue weighted by molar-refractivity contribution is -1.63. The number of carbonyl (C=O) groups excluding carboxylic acids is 2. The van der Waals surface area contributed by atoms with Crippen LogP contribution in [0.25, 0.3) is 0 Å². The lowest BCUT2D eigenvalue weighted by Crippen LogP contribution is -2.30. The maximum Gasteiger partial charge on any atom is 0.433 e. The molecule has 0 unspecified atom stereocenters. The standard InChI is InChI=1S/2C4H9NO.2BrHO3/c2*1-3-4(6)5-2;2*2-1(3)4/h2*3H2,1-2H3,(H,5,6);2*2H. The molecule has 0 atom stereocenters. The summed E-state index contributed by atoms with van der Waals surface area (Å²) >= 11 is -6.79. The number of hydrogen-bond acceptors (Lipinski definition) is 8. The fourth-order valence-corrected chi connectivity index (χ4v) is 0.354. The van der Waals surface area contributed by atoms with Gasteiger partial charge in [-0.25, -0.2) is 0 Å². The van der Waals surface area contributed by atoms with Crippen molar-refractivity contribution in [2.45, 2.75) is 26.7 Å². The van der Waals surface area contributed by atoms with Gasteiger partial charge >= 0.3 is 29.6 Å². The predicted molar refractivity (Wildman–Crippen MR) is 53.2 cm³/mol. The smallest absolute Gasteiger partial charge is 0.372 e. The highest BCUT2D eigenvalue weighted by Gasteiger charge is 1.87. The van der Waals surface area contributed by atoms with Crippen LogP contribution in [0.4, 0.5) is 0 Å². The first-order valence-corrected chi connectivity index (χ1v) is 8.99. The van der Waals surface area contributed by atoms with E-state index in [-0.39, 0.29) is 11.8 Å². The average molecular weight is 432 g/mol. The third kappa shape index (κ3) is 83.5. The minimum absolute atomic E-state index is 0.0926. The average Bonchev–Trinajstić information content (AvgIpc) is 2.36. The van der Waals surface area contributed by atoms with Gasteiger partial charge in [0.2, 0.25) is 11.8 Å². The minimum atomic E-state index is -3.40. The van der Waals surface area contributed by atoms with Crippen molar-refractivity contribution in [2.75, 3.05) is 14.1 Å². The molecular weight excluding hydrogens is 412 g/mol. The zero-order valence-corrected chi connectivity index (χ0v) is 14.7. The molecule has 0 heterocycles. The van der Waals surface area contributed by atoms with E-state index in [1.54, 1.807) is 14.1 Å². The third-order valence-corrected chi connectivity index (χ3v) is 1.20. The molecule has 0 radical (unpaired) electrons. The summed E-state index contributed by atoms with van der Waals surface area (Å²) in [5.74, 6) is 0.185. The van der Waals surface area contributed by atoms with Gasteiger partial charge in [-0.1, -0.05) is 13.8 Å². The maximum absolute atomic E-state index is 10.1. The van der Waals surface area contributed by atoms with Crippen LogP contribution in [0.5, 0.6) is 0 Å². The van der Waals surface area contributed by atoms with Gasteiger partial charge in [-0.15, -0.1) is 0 Å². The first kappa shape index (κ1) is 27.9. The summed E-state index contributed by atoms with van der Waals surface area (Å²) in [5, 5.41) is 4.95. The molecule has 0 saturated carbocycles. The van der Waals surface area contributed by atoms with Gasteiger partial charge in [0.1, 0.15) is 0 Å². The third-order valence-electron chi connectivity index (χ3n) is 1.20. The number of halogens is 2. The van der Waals surface area contributed by atoms with Crippen LogP contribution in [0, 0.1) is 29.6 Å². The molecule has 0 fully saturated rings. The van der Waals surface area contributed by atoms with Gasteiger partial charge in [0.15, 0.2) is 0 Å². The number of amides is 2. The fourth-order valence-electron chi connectivity index (χ4n) is 0.354. The van der Waals surface area contributed by atoms with E-state index in [0.29, 0.717) is 12.8 Å². The quantitative estimate of drug-likeness (QED) is 0.332. The number of carbonyl (C=O) groups is 2. The molecule has 0 spiro atoms. The Morgan fingerprint density at radius 3 is 1.00 bits per heavy atom. The molecule has 0 aromatic carbocycles. The topological polar surface area (TPSA) is 191 Å². The Bertz CT molecular complexity index is 179. The van der Waals surface area contributed by atoms with Crippen molar-refractivity contribution in [1.29, 1.82) is 0 Å². The maximum atomic E-state index is 10.1. The first-order valence-electron chi connectivity index (χ1n) is 4.98. The van der Waals surface area contributed by atoms with Crippen molar-refractivity contribution in [2.24, 2.45) is 0 Å². The van der Waals surface area contributed by atoms with E-state index in [4.69, 9.17) is 25.2 Å². The van der Waals surface area contributed by atoms with Crippen molar-refractivity contribution < 1.29 is 64.4 Å². The number of rotatable bonds is 2. The molecule has 0 bridgehead atoms. The fraction of sp³-hybridized carbons (Fsp3) is 0.750. The van der Waals surface area contributed by atoms with Crippen LogP contribution in [0.15, 0.2) is 0 Å². The van der Waals surface area contributed by atoms with E-state index >= 15 is 0 Å². The lowest BCUT2D eigenvalue weighted by Gasteiger charge is -1.87. The van der Waals surface area contributed by atoms with Crippen molar-refractivity contribution in [1.82, 2.24) is 10.6 Å². The van der Waals surface area contributed by atoms with E-state index in [1.807, 2.05) is 13.8 Å². The van der Waals surface area contributed by atoms with E-state index in [1.165, 1.54) is 0 Å². The normalized spacial score (nSPS) is 8.20. The summed E-state index contributed by atoms with van der Waals surface area (Å²) in [7, 11) is 3.26. The second kappa shape index (κ2) is 23.7. The second-order valence-electron chi connectivity index (χ2n) is 2.46. The van der Waals surface area contributed by atoms with Gasteiger partial charge in [0, 0.05) is 26.9 Å². The Balaban J connectivity index is -0.0000000871. The SMILES string of the molecule is CCC(=O)NC.CCC(=O)NC.[O-][Br+2]([O-])O.[O-][Br+2]([O-])O. The molecule has 0 aromatic rings. The monoisotopic (exact) mass is 430 g/mol. The molecule has 0 aliphatic carbocycles. The summed E-state index contributed by atoms with van der Waals surface area (Å²) in [6.07, 6.45) is 1.16. The van der Waals surface area contributed by atoms with Crippen molar-refractivity contribution in [3.05, 3.63) is 0 Å². The van der Waals surface area contributed by atoms with Crippen molar-refractivity contribution in [3.63, 3.8) is 0 Å². The van der Waals surface area contributed by atoms with E-state index in [2.05, 4.69) is 10.6 Å². The summed E-state index contributed by atoms with van der Waals surface area (Å²) < 4.78 is 48.6. The molecule has 12 heteroatoms. The second-order valence-corrected chi connectivity index (χ2v) is 4.14. The Morgan fingerprint density at radius 1 is 0.850 bits per heavy atom. The highest BCUT2D eigenvalue weighted by molar-refractivity contribution is 5.75. The Labute approximate surface area is 128 Å². The van der Waals surface area contributed by atoms with Crippen molar-refractivity contribution in [3.8, 4) is 0 Å². The van der Waals surface area contributed by atoms with Gasteiger partial charge in [0.25, 0.3) is 0 Å². The molecule has 0 aliphatic heterocycles. The Kier molecular flexibility index (Phi) is 33.1. The van der Waals surface area contributed by atoms with Crippen LogP contribution >= 0.6 is 0 Å². The lowest BCUT2D eigenvalue weighted by atomic mass is 10.5. The summed E-state index contributed by atoms with van der Waals surface area (Å²) in [6, 6.07) is 0. The highest BCUT2D eigenvalue weighted by atomic mass is 80.0. The number of nitrogens with one attached hydrogen (secondary N) is 2. The Morgan fingerprint density at radius 2 is 1.00 bits per heavy atom. The van der Waals surface area contributed by atoms with Crippen LogP contribution in [-0.2, 0) is 9.59 Å². The molecule has 0 rings (SSSR count). The molecule has 124 valence electrons. The molecule has 10 nitrogen and oxygen atoms in total. The predicted octanol–water partition coefficient (Wildman–Crippen LogP) is -5.59. The van der Waals surface area contributed by atoms with Gasteiger partial charge in [-0.3, -0.25) is 9.59 Å². The van der Waals surface area contributed by atoms with Gasteiger partial charge in [-0.2, -0.15) is 0 Å². The van der Waals surface area contributed by atoms with Crippen LogP contribution in [-0.4, -0.2) is 34.3 Å². The van der Waals surface area contributed by atoms with Crippen LogP contribution in [0.2, 0.25) is 0 Å². The zero-order valence-electron chi connectivity index (χ0n) is 11.5. The summed E-state index contributed by atoms with van der Waals surface area (Å²) in [6.45, 7) is 3.64. The van der Waals surface area contributed by atoms with E-state index < -0.39 is 29.6 Å². The number of hydrogen-bond donors (Lipinski definition) is 4. The highest BCUT2D eigenvalue weighted by Crippen LogP contribution is 1.68. The van der Waals surface area contributed by atoms with Gasteiger partial charge in [0.05, 0.1) is 0 Å². The van der Waals surface area contributed by atoms with Crippen LogP contribution in [0.3, 0.4) is 0 Å². The van der Waals surface area contributed by atoms with Gasteiger partial charge < -0.3 is 27.4 Å². The largest absolute Gasteiger partial charge is 0.433 e. The van der Waals surface area contributed by atoms with Crippen molar-refractivity contribution >= 4 is 11.8 Å². The molecule has 0 saturated heterocycles.